The molecular formula is C26H32ClF3O5. The Morgan fingerprint density at radius 3 is 2.51 bits per heavy atom. The van der Waals surface area contributed by atoms with Crippen LogP contribution in [-0.2, 0) is 19.1 Å². The van der Waals surface area contributed by atoms with Gasteiger partial charge >= 0.3 is 5.97 Å². The molecule has 0 saturated heterocycles. The van der Waals surface area contributed by atoms with Crippen molar-refractivity contribution in [1.82, 2.24) is 0 Å². The number of hydrogen-bond donors (Lipinski definition) is 1. The fourth-order valence-corrected chi connectivity index (χ4v) is 8.22. The number of carbonyl (C=O) groups excluding carboxylic acids is 3. The number of aliphatic hydroxyl groups is 1. The second-order valence-corrected chi connectivity index (χ2v) is 11.4. The van der Waals surface area contributed by atoms with Crippen LogP contribution >= 0.6 is 11.6 Å². The second kappa shape index (κ2) is 8.44. The highest BCUT2D eigenvalue weighted by molar-refractivity contribution is 6.29. The van der Waals surface area contributed by atoms with Gasteiger partial charge in [0, 0.05) is 34.7 Å². The quantitative estimate of drug-likeness (QED) is 0.422. The Labute approximate surface area is 208 Å². The molecule has 0 bridgehead atoms. The van der Waals surface area contributed by atoms with E-state index in [2.05, 4.69) is 0 Å². The second-order valence-electron chi connectivity index (χ2n) is 11.1. The zero-order valence-corrected chi connectivity index (χ0v) is 21.1. The molecule has 35 heavy (non-hydrogen) atoms. The lowest BCUT2D eigenvalue weighted by Gasteiger charge is -2.63. The highest BCUT2D eigenvalue weighted by Crippen LogP contribution is 2.72. The Kier molecular flexibility index (Phi) is 6.36. The molecule has 4 aliphatic rings. The summed E-state index contributed by atoms with van der Waals surface area (Å²) in [7, 11) is 0. The molecule has 0 aromatic heterocycles. The van der Waals surface area contributed by atoms with E-state index in [4.69, 9.17) is 16.3 Å². The van der Waals surface area contributed by atoms with Gasteiger partial charge in [0.05, 0.1) is 12.0 Å². The maximum Gasteiger partial charge on any atom is 0.306 e. The lowest BCUT2D eigenvalue weighted by atomic mass is 9.44. The Morgan fingerprint density at radius 1 is 1.26 bits per heavy atom. The summed E-state index contributed by atoms with van der Waals surface area (Å²) in [6, 6.07) is 0. The van der Waals surface area contributed by atoms with Gasteiger partial charge in [-0.05, 0) is 44.6 Å². The first kappa shape index (κ1) is 26.4. The van der Waals surface area contributed by atoms with Crippen molar-refractivity contribution in [3.8, 4) is 0 Å². The number of rotatable bonds is 5. The van der Waals surface area contributed by atoms with Crippen LogP contribution in [0.1, 0.15) is 59.8 Å². The van der Waals surface area contributed by atoms with E-state index in [1.165, 1.54) is 6.92 Å². The fourth-order valence-electron chi connectivity index (χ4n) is 8.02. The average molecular weight is 517 g/mol. The Balaban J connectivity index is 1.88. The molecule has 194 valence electrons. The highest BCUT2D eigenvalue weighted by atomic mass is 35.5. The summed E-state index contributed by atoms with van der Waals surface area (Å²) >= 11 is 5.98. The summed E-state index contributed by atoms with van der Waals surface area (Å²) in [6.45, 7) is 6.50. The number of hydrogen-bond acceptors (Lipinski definition) is 5. The Bertz CT molecular complexity index is 1030. The van der Waals surface area contributed by atoms with Crippen LogP contribution < -0.4 is 0 Å². The minimum absolute atomic E-state index is 0.0701. The maximum absolute atomic E-state index is 17.3. The SMILES string of the molecule is CCCC(=O)O[C@]1(C(=O)CCl)[C@H](C)C[C@H]2[C@@H]3C[C@H](F)C4=C(F)C(=O)C=C[C@]4(C)[C@@]3(F)[C@@H](O)C[C@@]21C. The average Bonchev–Trinajstić information content (AvgIpc) is 3.00. The van der Waals surface area contributed by atoms with E-state index in [-0.39, 0.29) is 19.3 Å². The van der Waals surface area contributed by atoms with Gasteiger partial charge < -0.3 is 9.84 Å². The van der Waals surface area contributed by atoms with Gasteiger partial charge in [-0.3, -0.25) is 14.4 Å². The van der Waals surface area contributed by atoms with Crippen LogP contribution in [0.15, 0.2) is 23.6 Å². The molecule has 3 fully saturated rings. The minimum Gasteiger partial charge on any atom is -0.450 e. The third-order valence-corrected chi connectivity index (χ3v) is 9.75. The van der Waals surface area contributed by atoms with Crippen molar-refractivity contribution in [2.24, 2.45) is 28.6 Å². The third-order valence-electron chi connectivity index (χ3n) is 9.51. The number of allylic oxidation sites excluding steroid dienone is 4. The molecule has 0 spiro atoms. The van der Waals surface area contributed by atoms with E-state index in [1.807, 2.05) is 0 Å². The number of fused-ring (bicyclic) bond motifs is 5. The first-order chi connectivity index (χ1) is 16.3. The van der Waals surface area contributed by atoms with E-state index in [0.29, 0.717) is 6.42 Å². The number of esters is 1. The van der Waals surface area contributed by atoms with Crippen molar-refractivity contribution in [1.29, 1.82) is 0 Å². The largest absolute Gasteiger partial charge is 0.450 e. The molecule has 0 radical (unpaired) electrons. The van der Waals surface area contributed by atoms with Gasteiger partial charge in [0.15, 0.2) is 22.9 Å². The van der Waals surface area contributed by atoms with E-state index in [9.17, 15) is 23.9 Å². The molecule has 0 amide bonds. The van der Waals surface area contributed by atoms with E-state index in [1.54, 1.807) is 20.8 Å². The van der Waals surface area contributed by atoms with Crippen molar-refractivity contribution in [2.75, 3.05) is 5.88 Å². The van der Waals surface area contributed by atoms with Crippen LogP contribution in [-0.4, -0.2) is 52.1 Å². The first-order valence-electron chi connectivity index (χ1n) is 12.2. The molecule has 3 saturated carbocycles. The first-order valence-corrected chi connectivity index (χ1v) is 12.8. The minimum atomic E-state index is -2.50. The molecule has 0 aliphatic heterocycles. The van der Waals surface area contributed by atoms with Crippen molar-refractivity contribution < 1.29 is 37.4 Å². The van der Waals surface area contributed by atoms with E-state index >= 15 is 8.78 Å². The Morgan fingerprint density at radius 2 is 1.91 bits per heavy atom. The Hall–Kier alpha value is -1.67. The number of aliphatic hydroxyl groups excluding tert-OH is 1. The number of alkyl halides is 3. The topological polar surface area (TPSA) is 80.7 Å². The van der Waals surface area contributed by atoms with Gasteiger partial charge in [-0.15, -0.1) is 11.6 Å². The third kappa shape index (κ3) is 3.14. The van der Waals surface area contributed by atoms with Gasteiger partial charge in [0.2, 0.25) is 5.78 Å². The summed E-state index contributed by atoms with van der Waals surface area (Å²) in [5, 5.41) is 11.4. The van der Waals surface area contributed by atoms with Gasteiger partial charge in [-0.1, -0.05) is 26.8 Å². The molecular weight excluding hydrogens is 485 g/mol. The zero-order chi connectivity index (χ0) is 26.1. The lowest BCUT2D eigenvalue weighted by Crippen LogP contribution is -2.71. The summed E-state index contributed by atoms with van der Waals surface area (Å²) in [6.07, 6.45) is -1.59. The maximum atomic E-state index is 17.3. The molecule has 4 aliphatic carbocycles. The molecule has 9 atom stereocenters. The van der Waals surface area contributed by atoms with E-state index in [0.717, 1.165) is 12.2 Å². The molecule has 0 heterocycles. The number of Topliss-reactive ketones (excluding diaryl/α,β-unsaturated/α-hetero) is 1. The number of halogens is 4. The number of carbonyl (C=O) groups is 3. The molecule has 9 heteroatoms. The molecule has 0 aromatic carbocycles. The summed E-state index contributed by atoms with van der Waals surface area (Å²) in [4.78, 5) is 38.0. The number of ether oxygens (including phenoxy) is 1. The summed E-state index contributed by atoms with van der Waals surface area (Å²) < 4.78 is 53.6. The molecule has 0 unspecified atom stereocenters. The van der Waals surface area contributed by atoms with Crippen molar-refractivity contribution in [3.63, 3.8) is 0 Å². The van der Waals surface area contributed by atoms with Gasteiger partial charge in [0.1, 0.15) is 6.17 Å². The normalized spacial score (nSPS) is 46.7. The van der Waals surface area contributed by atoms with E-state index < -0.39 is 93.4 Å². The molecule has 5 nitrogen and oxygen atoms in total. The van der Waals surface area contributed by atoms with Crippen LogP contribution in [0.4, 0.5) is 13.2 Å². The predicted molar refractivity (Wildman–Crippen MR) is 123 cm³/mol. The lowest BCUT2D eigenvalue weighted by molar-refractivity contribution is -0.230. The predicted octanol–water partition coefficient (Wildman–Crippen LogP) is 4.74. The van der Waals surface area contributed by atoms with Gasteiger partial charge in [0.25, 0.3) is 0 Å². The van der Waals surface area contributed by atoms with Gasteiger partial charge in [-0.2, -0.15) is 0 Å². The van der Waals surface area contributed by atoms with Crippen LogP contribution in [0.5, 0.6) is 0 Å². The molecule has 0 aromatic rings. The van der Waals surface area contributed by atoms with Crippen molar-refractivity contribution in [3.05, 3.63) is 23.6 Å². The number of ketones is 2. The summed E-state index contributed by atoms with van der Waals surface area (Å²) in [5.41, 5.74) is -7.91. The standard InChI is InChI=1S/C26H32ClF3O5/c1-5-6-20(34)35-26(19(33)12-27)13(2)9-14-15-10-16(28)21-22(29)17(31)7-8-23(21,3)25(15,30)18(32)11-24(14,26)4/h7-8,13-16,18,32H,5-6,9-12H2,1-4H3/t13-,14+,15+,16+,18+,23+,24+,25+,26+/m1/s1. The zero-order valence-electron chi connectivity index (χ0n) is 20.4. The smallest absolute Gasteiger partial charge is 0.306 e. The van der Waals surface area contributed by atoms with Gasteiger partial charge in [-0.25, -0.2) is 13.2 Å². The van der Waals surface area contributed by atoms with Crippen LogP contribution in [0.25, 0.3) is 0 Å². The fraction of sp³-hybridized carbons (Fsp3) is 0.731. The van der Waals surface area contributed by atoms with Crippen LogP contribution in [0, 0.1) is 28.6 Å². The molecule has 4 rings (SSSR count). The van der Waals surface area contributed by atoms with Crippen LogP contribution in [0.2, 0.25) is 0 Å². The summed E-state index contributed by atoms with van der Waals surface area (Å²) in [5.74, 6) is -6.28. The van der Waals surface area contributed by atoms with Crippen molar-refractivity contribution >= 4 is 29.1 Å². The van der Waals surface area contributed by atoms with Crippen molar-refractivity contribution in [2.45, 2.75) is 83.3 Å². The van der Waals surface area contributed by atoms with Crippen LogP contribution in [0.3, 0.4) is 0 Å². The highest BCUT2D eigenvalue weighted by Gasteiger charge is 2.78. The monoisotopic (exact) mass is 516 g/mol. The molecule has 1 N–H and O–H groups in total.